The molecular weight excluding hydrogens is 814 g/mol. The van der Waals surface area contributed by atoms with Crippen LogP contribution in [-0.2, 0) is 43.6 Å². The highest BCUT2D eigenvalue weighted by Gasteiger charge is 2.48. The van der Waals surface area contributed by atoms with E-state index in [1.165, 1.54) is 34.9 Å². The van der Waals surface area contributed by atoms with Crippen molar-refractivity contribution in [1.29, 1.82) is 0 Å². The number of nitrogens with zero attached hydrogens (tertiary/aromatic N) is 6. The van der Waals surface area contributed by atoms with E-state index < -0.39 is 56.6 Å². The van der Waals surface area contributed by atoms with Crippen LogP contribution in [0.2, 0.25) is 0 Å². The molecule has 0 radical (unpaired) electrons. The molecule has 5 aromatic rings. The second-order valence-corrected chi connectivity index (χ2v) is 19.3. The molecule has 61 heavy (non-hydrogen) atoms. The standard InChI is InChI=1S/C44H49F3N6O7S/c1-28-15-16-31(35(42(6,7)39(54)58-26-30-12-9-8-10-13-30)33-17-21-53-36(29(33)2)49-50-38(53)44(45,46)47)24-32(28)25-52-27-43(59-37-34(61(52,56)57)14-11-20-48-37)18-22-51(23-19-43)40(55)60-41(3,4)5/h8-17,20-21,24,35H,18-19,22-23,25-27H2,1-7H3. The monoisotopic (exact) mass is 862 g/mol. The van der Waals surface area contributed by atoms with E-state index in [1.54, 1.807) is 46.4 Å². The molecule has 1 fully saturated rings. The Kier molecular flexibility index (Phi) is 11.5. The van der Waals surface area contributed by atoms with Crippen molar-refractivity contribution < 1.29 is 45.4 Å². The lowest BCUT2D eigenvalue weighted by atomic mass is 9.70. The number of alkyl halides is 3. The molecule has 0 N–H and O–H groups in total. The number of pyridine rings is 2. The Morgan fingerprint density at radius 3 is 2.31 bits per heavy atom. The van der Waals surface area contributed by atoms with Gasteiger partial charge in [-0.05, 0) is 100 Å². The van der Waals surface area contributed by atoms with Gasteiger partial charge in [-0.3, -0.25) is 9.20 Å². The minimum Gasteiger partial charge on any atom is -0.469 e. The molecule has 0 saturated carbocycles. The zero-order valence-corrected chi connectivity index (χ0v) is 35.9. The van der Waals surface area contributed by atoms with E-state index in [-0.39, 0.29) is 49.2 Å². The smallest absolute Gasteiger partial charge is 0.452 e. The maximum atomic E-state index is 14.6. The van der Waals surface area contributed by atoms with E-state index >= 15 is 0 Å². The number of carbonyl (C=O) groups is 2. The van der Waals surface area contributed by atoms with Gasteiger partial charge < -0.3 is 19.1 Å². The first-order chi connectivity index (χ1) is 28.6. The number of fused-ring (bicyclic) bond motifs is 2. The van der Waals surface area contributed by atoms with Crippen LogP contribution in [0.4, 0.5) is 18.0 Å². The van der Waals surface area contributed by atoms with E-state index in [1.807, 2.05) is 55.5 Å². The first kappa shape index (κ1) is 43.5. The Balaban J connectivity index is 1.28. The number of hydrogen-bond donors (Lipinski definition) is 0. The van der Waals surface area contributed by atoms with Crippen LogP contribution in [0.5, 0.6) is 5.88 Å². The molecular formula is C44H49F3N6O7S. The lowest BCUT2D eigenvalue weighted by Crippen LogP contribution is -2.55. The minimum atomic E-state index is -4.76. The summed E-state index contributed by atoms with van der Waals surface area (Å²) in [5.41, 5.74) is 0.544. The zero-order chi connectivity index (χ0) is 44.1. The molecule has 324 valence electrons. The molecule has 2 aliphatic rings. The van der Waals surface area contributed by atoms with Gasteiger partial charge in [0.15, 0.2) is 5.65 Å². The molecule has 13 nitrogen and oxygen atoms in total. The number of aromatic nitrogens is 4. The molecule has 1 saturated heterocycles. The Morgan fingerprint density at radius 1 is 0.934 bits per heavy atom. The number of ether oxygens (including phenoxy) is 3. The zero-order valence-electron chi connectivity index (χ0n) is 35.1. The maximum Gasteiger partial charge on any atom is 0.452 e. The van der Waals surface area contributed by atoms with Gasteiger partial charge in [-0.15, -0.1) is 10.2 Å². The van der Waals surface area contributed by atoms with Gasteiger partial charge in [-0.2, -0.15) is 17.5 Å². The topological polar surface area (TPSA) is 146 Å². The highest BCUT2D eigenvalue weighted by Crippen LogP contribution is 2.45. The number of esters is 1. The third-order valence-electron chi connectivity index (χ3n) is 11.4. The Labute approximate surface area is 352 Å². The van der Waals surface area contributed by atoms with Crippen LogP contribution in [0.3, 0.4) is 0 Å². The number of benzene rings is 2. The van der Waals surface area contributed by atoms with Gasteiger partial charge in [0.1, 0.15) is 22.7 Å². The predicted octanol–water partition coefficient (Wildman–Crippen LogP) is 8.01. The highest BCUT2D eigenvalue weighted by atomic mass is 32.2. The van der Waals surface area contributed by atoms with Crippen LogP contribution in [0.15, 0.2) is 84.0 Å². The van der Waals surface area contributed by atoms with Crippen LogP contribution < -0.4 is 4.74 Å². The molecule has 1 atom stereocenters. The SMILES string of the molecule is Cc1ccc(C(c2ccn3c(C(F)(F)F)nnc3c2C)C(C)(C)C(=O)OCc2ccccc2)cc1CN1CC2(CCN(C(=O)OC(C)(C)C)CC2)Oc2ncccc2S1(=O)=O. The van der Waals surface area contributed by atoms with Gasteiger partial charge >= 0.3 is 18.2 Å². The molecule has 2 aliphatic heterocycles. The van der Waals surface area contributed by atoms with Crippen LogP contribution in [0, 0.1) is 19.3 Å². The van der Waals surface area contributed by atoms with Crippen molar-refractivity contribution in [1.82, 2.24) is 28.8 Å². The van der Waals surface area contributed by atoms with Crippen LogP contribution in [0.1, 0.15) is 92.6 Å². The normalized spacial score (nSPS) is 17.3. The fraction of sp³-hybridized carbons (Fsp3) is 0.432. The Bertz CT molecular complexity index is 2570. The molecule has 5 heterocycles. The molecule has 2 aromatic carbocycles. The summed E-state index contributed by atoms with van der Waals surface area (Å²) in [5.74, 6) is -2.58. The highest BCUT2D eigenvalue weighted by molar-refractivity contribution is 7.89. The van der Waals surface area contributed by atoms with E-state index in [0.717, 1.165) is 15.5 Å². The largest absolute Gasteiger partial charge is 0.469 e. The maximum absolute atomic E-state index is 14.6. The van der Waals surface area contributed by atoms with Crippen LogP contribution in [-0.4, -0.2) is 80.1 Å². The molecule has 1 unspecified atom stereocenters. The summed E-state index contributed by atoms with van der Waals surface area (Å²) in [6.07, 6.45) is -1.91. The number of carbonyl (C=O) groups excluding carboxylic acids is 2. The van der Waals surface area contributed by atoms with E-state index in [0.29, 0.717) is 35.1 Å². The number of sulfonamides is 1. The summed E-state index contributed by atoms with van der Waals surface area (Å²) in [4.78, 5) is 33.0. The molecule has 0 bridgehead atoms. The number of halogens is 3. The van der Waals surface area contributed by atoms with Crippen molar-refractivity contribution >= 4 is 27.7 Å². The number of hydrogen-bond acceptors (Lipinski definition) is 10. The summed E-state index contributed by atoms with van der Waals surface area (Å²) < 4.78 is 91.2. The fourth-order valence-corrected chi connectivity index (χ4v) is 9.66. The first-order valence-corrected chi connectivity index (χ1v) is 21.4. The van der Waals surface area contributed by atoms with Gasteiger partial charge in [0.25, 0.3) is 0 Å². The van der Waals surface area contributed by atoms with Crippen molar-refractivity contribution in [3.63, 3.8) is 0 Å². The van der Waals surface area contributed by atoms with Crippen molar-refractivity contribution in [2.24, 2.45) is 5.41 Å². The Hall–Kier alpha value is -5.55. The summed E-state index contributed by atoms with van der Waals surface area (Å²) in [6.45, 7) is 12.7. The van der Waals surface area contributed by atoms with E-state index in [4.69, 9.17) is 14.2 Å². The number of amides is 1. The number of rotatable bonds is 8. The molecule has 7 rings (SSSR count). The quantitative estimate of drug-likeness (QED) is 0.141. The van der Waals surface area contributed by atoms with Crippen LogP contribution >= 0.6 is 0 Å². The van der Waals surface area contributed by atoms with E-state index in [9.17, 15) is 31.2 Å². The second-order valence-electron chi connectivity index (χ2n) is 17.3. The summed E-state index contributed by atoms with van der Waals surface area (Å²) >= 11 is 0. The summed E-state index contributed by atoms with van der Waals surface area (Å²) in [7, 11) is -4.21. The summed E-state index contributed by atoms with van der Waals surface area (Å²) in [6, 6.07) is 19.2. The molecule has 1 amide bonds. The lowest BCUT2D eigenvalue weighted by molar-refractivity contribution is -0.156. The number of aryl methyl sites for hydroxylation is 2. The van der Waals surface area contributed by atoms with Crippen molar-refractivity contribution in [3.8, 4) is 5.88 Å². The molecule has 3 aromatic heterocycles. The average Bonchev–Trinajstić information content (AvgIpc) is 3.62. The third-order valence-corrected chi connectivity index (χ3v) is 13.2. The van der Waals surface area contributed by atoms with Crippen molar-refractivity contribution in [2.45, 2.75) is 103 Å². The third kappa shape index (κ3) is 8.80. The van der Waals surface area contributed by atoms with Crippen molar-refractivity contribution in [3.05, 3.63) is 118 Å². The first-order valence-electron chi connectivity index (χ1n) is 19.9. The Morgan fingerprint density at radius 2 is 1.64 bits per heavy atom. The summed E-state index contributed by atoms with van der Waals surface area (Å²) in [5, 5.41) is 7.35. The molecule has 1 spiro atoms. The fourth-order valence-electron chi connectivity index (χ4n) is 8.10. The molecule has 0 aliphatic carbocycles. The van der Waals surface area contributed by atoms with Crippen LogP contribution in [0.25, 0.3) is 5.65 Å². The lowest BCUT2D eigenvalue weighted by Gasteiger charge is -2.42. The van der Waals surface area contributed by atoms with Gasteiger partial charge in [0, 0.05) is 50.8 Å². The minimum absolute atomic E-state index is 0.00534. The van der Waals surface area contributed by atoms with E-state index in [2.05, 4.69) is 15.2 Å². The predicted molar refractivity (Wildman–Crippen MR) is 218 cm³/mol. The molecule has 17 heteroatoms. The van der Waals surface area contributed by atoms with Gasteiger partial charge in [-0.1, -0.05) is 48.5 Å². The van der Waals surface area contributed by atoms with Crippen molar-refractivity contribution in [2.75, 3.05) is 19.6 Å². The van der Waals surface area contributed by atoms with Gasteiger partial charge in [0.2, 0.25) is 21.7 Å². The number of likely N-dealkylation sites (tertiary alicyclic amines) is 1. The van der Waals surface area contributed by atoms with Gasteiger partial charge in [-0.25, -0.2) is 18.2 Å². The number of piperidine rings is 1. The van der Waals surface area contributed by atoms with Gasteiger partial charge in [0.05, 0.1) is 12.0 Å². The second kappa shape index (κ2) is 16.0. The average molecular weight is 863 g/mol.